The molecule has 18 heavy (non-hydrogen) atoms. The van der Waals surface area contributed by atoms with E-state index in [9.17, 15) is 14.3 Å². The first-order chi connectivity index (χ1) is 8.61. The van der Waals surface area contributed by atoms with Crippen LogP contribution in [0.3, 0.4) is 0 Å². The van der Waals surface area contributed by atoms with Crippen molar-refractivity contribution in [3.05, 3.63) is 29.6 Å². The normalized spacial score (nSPS) is 20.2. The van der Waals surface area contributed by atoms with E-state index in [-0.39, 0.29) is 23.6 Å². The highest BCUT2D eigenvalue weighted by Gasteiger charge is 2.25. The van der Waals surface area contributed by atoms with Gasteiger partial charge in [0.15, 0.2) is 5.78 Å². The van der Waals surface area contributed by atoms with Crippen LogP contribution in [0.15, 0.2) is 18.2 Å². The smallest absolute Gasteiger partial charge is 0.180 e. The van der Waals surface area contributed by atoms with Crippen molar-refractivity contribution in [3.8, 4) is 5.75 Å². The van der Waals surface area contributed by atoms with E-state index >= 15 is 0 Å². The van der Waals surface area contributed by atoms with Gasteiger partial charge in [0.1, 0.15) is 11.6 Å². The molecule has 2 rings (SSSR count). The summed E-state index contributed by atoms with van der Waals surface area (Å²) in [7, 11) is 0. The van der Waals surface area contributed by atoms with Crippen LogP contribution in [0.25, 0.3) is 0 Å². The summed E-state index contributed by atoms with van der Waals surface area (Å²) in [6.45, 7) is 3.27. The number of phenols is 1. The van der Waals surface area contributed by atoms with Gasteiger partial charge in [-0.25, -0.2) is 4.39 Å². The van der Waals surface area contributed by atoms with Gasteiger partial charge in [0.25, 0.3) is 0 Å². The average molecular weight is 251 g/mol. The third-order valence-electron chi connectivity index (χ3n) is 3.58. The zero-order valence-electron chi connectivity index (χ0n) is 10.5. The van der Waals surface area contributed by atoms with E-state index in [2.05, 4.69) is 11.8 Å². The van der Waals surface area contributed by atoms with Gasteiger partial charge in [-0.2, -0.15) is 0 Å². The van der Waals surface area contributed by atoms with Gasteiger partial charge in [-0.05, 0) is 44.0 Å². The maximum absolute atomic E-state index is 13.1. The first kappa shape index (κ1) is 13.0. The topological polar surface area (TPSA) is 40.5 Å². The third-order valence-corrected chi connectivity index (χ3v) is 3.58. The Bertz CT molecular complexity index is 447. The van der Waals surface area contributed by atoms with E-state index < -0.39 is 5.82 Å². The number of carbonyl (C=O) groups excluding carboxylic acids is 1. The summed E-state index contributed by atoms with van der Waals surface area (Å²) in [5, 5.41) is 9.60. The van der Waals surface area contributed by atoms with Crippen LogP contribution in [0, 0.1) is 5.82 Å². The van der Waals surface area contributed by atoms with Crippen molar-refractivity contribution in [3.63, 3.8) is 0 Å². The lowest BCUT2D eigenvalue weighted by Crippen LogP contribution is -2.34. The summed E-state index contributed by atoms with van der Waals surface area (Å²) in [6, 6.07) is 3.92. The second-order valence-electron chi connectivity index (χ2n) is 4.76. The molecule has 0 saturated carbocycles. The predicted octanol–water partition coefficient (Wildman–Crippen LogP) is 2.59. The van der Waals surface area contributed by atoms with Gasteiger partial charge in [-0.3, -0.25) is 9.69 Å². The van der Waals surface area contributed by atoms with Crippen molar-refractivity contribution < 1.29 is 14.3 Å². The van der Waals surface area contributed by atoms with Crippen molar-refractivity contribution in [1.29, 1.82) is 0 Å². The number of ketones is 1. The summed E-state index contributed by atoms with van der Waals surface area (Å²) in [5.74, 6) is -0.856. The van der Waals surface area contributed by atoms with Gasteiger partial charge in [-0.1, -0.05) is 6.92 Å². The molecule has 0 radical (unpaired) electrons. The number of rotatable bonds is 4. The molecule has 98 valence electrons. The van der Waals surface area contributed by atoms with E-state index in [1.54, 1.807) is 0 Å². The lowest BCUT2D eigenvalue weighted by Gasteiger charge is -2.22. The SMILES string of the molecule is CCC1CCCN1CC(=O)c1cc(F)ccc1O. The molecule has 0 aliphatic carbocycles. The number of hydrogen-bond acceptors (Lipinski definition) is 3. The van der Waals surface area contributed by atoms with Gasteiger partial charge in [0.05, 0.1) is 12.1 Å². The maximum atomic E-state index is 13.1. The van der Waals surface area contributed by atoms with Crippen molar-refractivity contribution in [1.82, 2.24) is 4.90 Å². The molecule has 3 nitrogen and oxygen atoms in total. The molecule has 1 aromatic rings. The number of likely N-dealkylation sites (tertiary alicyclic amines) is 1. The highest BCUT2D eigenvalue weighted by Crippen LogP contribution is 2.23. The minimum Gasteiger partial charge on any atom is -0.507 e. The van der Waals surface area contributed by atoms with E-state index in [4.69, 9.17) is 0 Å². The molecule has 1 heterocycles. The number of Topliss-reactive ketones (excluding diaryl/α,β-unsaturated/α-hetero) is 1. The largest absolute Gasteiger partial charge is 0.507 e. The van der Waals surface area contributed by atoms with Gasteiger partial charge < -0.3 is 5.11 Å². The van der Waals surface area contributed by atoms with Crippen LogP contribution in [0.1, 0.15) is 36.5 Å². The fraction of sp³-hybridized carbons (Fsp3) is 0.500. The summed E-state index contributed by atoms with van der Waals surface area (Å²) >= 11 is 0. The van der Waals surface area contributed by atoms with Crippen LogP contribution in [0.4, 0.5) is 4.39 Å². The maximum Gasteiger partial charge on any atom is 0.180 e. The molecule has 1 atom stereocenters. The second kappa shape index (κ2) is 5.48. The molecule has 1 N–H and O–H groups in total. The molecule has 4 heteroatoms. The number of hydrogen-bond donors (Lipinski definition) is 1. The number of halogens is 1. The number of phenolic OH excluding ortho intramolecular Hbond substituents is 1. The first-order valence-corrected chi connectivity index (χ1v) is 6.37. The van der Waals surface area contributed by atoms with Crippen LogP contribution in [0.2, 0.25) is 0 Å². The van der Waals surface area contributed by atoms with Crippen molar-refractivity contribution in [2.45, 2.75) is 32.2 Å². The Balaban J connectivity index is 2.09. The Morgan fingerprint density at radius 1 is 1.56 bits per heavy atom. The van der Waals surface area contributed by atoms with E-state index in [0.29, 0.717) is 6.04 Å². The van der Waals surface area contributed by atoms with Crippen molar-refractivity contribution in [2.24, 2.45) is 0 Å². The summed E-state index contributed by atoms with van der Waals surface area (Å²) in [4.78, 5) is 14.2. The Morgan fingerprint density at radius 2 is 2.33 bits per heavy atom. The molecule has 1 aliphatic heterocycles. The molecule has 1 fully saturated rings. The molecule has 1 aliphatic rings. The minimum atomic E-state index is -0.496. The van der Waals surface area contributed by atoms with Gasteiger partial charge >= 0.3 is 0 Å². The van der Waals surface area contributed by atoms with Crippen molar-refractivity contribution in [2.75, 3.05) is 13.1 Å². The van der Waals surface area contributed by atoms with Gasteiger partial charge in [0.2, 0.25) is 0 Å². The molecule has 1 aromatic carbocycles. The third kappa shape index (κ3) is 2.70. The fourth-order valence-electron chi connectivity index (χ4n) is 2.57. The predicted molar refractivity (Wildman–Crippen MR) is 67.3 cm³/mol. The van der Waals surface area contributed by atoms with E-state index in [1.165, 1.54) is 6.07 Å². The highest BCUT2D eigenvalue weighted by molar-refractivity contribution is 6.00. The Morgan fingerprint density at radius 3 is 3.06 bits per heavy atom. The Hall–Kier alpha value is -1.42. The molecule has 1 unspecified atom stereocenters. The number of benzene rings is 1. The standard InChI is InChI=1S/C14H18FNO2/c1-2-11-4-3-7-16(11)9-14(18)12-8-10(15)5-6-13(12)17/h5-6,8,11,17H,2-4,7,9H2,1H3. The number of aromatic hydroxyl groups is 1. The molecule has 0 bridgehead atoms. The lowest BCUT2D eigenvalue weighted by atomic mass is 10.1. The van der Waals surface area contributed by atoms with Crippen LogP contribution >= 0.6 is 0 Å². The zero-order valence-corrected chi connectivity index (χ0v) is 10.5. The van der Waals surface area contributed by atoms with Gasteiger partial charge in [-0.15, -0.1) is 0 Å². The molecule has 1 saturated heterocycles. The fourth-order valence-corrected chi connectivity index (χ4v) is 2.57. The zero-order chi connectivity index (χ0) is 13.1. The molecular weight excluding hydrogens is 233 g/mol. The lowest BCUT2D eigenvalue weighted by molar-refractivity contribution is 0.0917. The van der Waals surface area contributed by atoms with Gasteiger partial charge in [0, 0.05) is 6.04 Å². The van der Waals surface area contributed by atoms with Crippen molar-refractivity contribution >= 4 is 5.78 Å². The number of nitrogens with zero attached hydrogens (tertiary/aromatic N) is 1. The second-order valence-corrected chi connectivity index (χ2v) is 4.76. The van der Waals surface area contributed by atoms with Crippen LogP contribution in [0.5, 0.6) is 5.75 Å². The van der Waals surface area contributed by atoms with E-state index in [1.807, 2.05) is 0 Å². The molecule has 0 aromatic heterocycles. The minimum absolute atomic E-state index is 0.0803. The summed E-state index contributed by atoms with van der Waals surface area (Å²) in [6.07, 6.45) is 3.22. The van der Waals surface area contributed by atoms with E-state index in [0.717, 1.165) is 37.9 Å². The molecular formula is C14H18FNO2. The molecule has 0 spiro atoms. The molecule has 0 amide bonds. The van der Waals surface area contributed by atoms with Crippen LogP contribution < -0.4 is 0 Å². The Kier molecular flexibility index (Phi) is 3.97. The highest BCUT2D eigenvalue weighted by atomic mass is 19.1. The summed E-state index contributed by atoms with van der Waals surface area (Å²) in [5.41, 5.74) is 0.0803. The summed E-state index contributed by atoms with van der Waals surface area (Å²) < 4.78 is 13.1. The Labute approximate surface area is 106 Å². The number of carbonyl (C=O) groups is 1. The van der Waals surface area contributed by atoms with Crippen LogP contribution in [-0.2, 0) is 0 Å². The average Bonchev–Trinajstić information content (AvgIpc) is 2.79. The monoisotopic (exact) mass is 251 g/mol. The quantitative estimate of drug-likeness (QED) is 0.836. The van der Waals surface area contributed by atoms with Crippen LogP contribution in [-0.4, -0.2) is 34.9 Å². The first-order valence-electron chi connectivity index (χ1n) is 6.37.